The Morgan fingerprint density at radius 1 is 1.19 bits per heavy atom. The van der Waals surface area contributed by atoms with E-state index in [1.165, 1.54) is 17.5 Å². The minimum atomic E-state index is 0.369. The van der Waals surface area contributed by atoms with E-state index < -0.39 is 0 Å². The number of fused-ring (bicyclic) bond motifs is 1. The molecule has 0 bridgehead atoms. The highest BCUT2D eigenvalue weighted by Gasteiger charge is 2.38. The van der Waals surface area contributed by atoms with Gasteiger partial charge in [0, 0.05) is 18.5 Å². The van der Waals surface area contributed by atoms with Gasteiger partial charge in [-0.05, 0) is 56.3 Å². The van der Waals surface area contributed by atoms with E-state index in [0.29, 0.717) is 18.0 Å². The van der Waals surface area contributed by atoms with Gasteiger partial charge in [0.1, 0.15) is 0 Å². The summed E-state index contributed by atoms with van der Waals surface area (Å²) in [6, 6.07) is 9.49. The van der Waals surface area contributed by atoms with Crippen molar-refractivity contribution in [1.29, 1.82) is 0 Å². The average Bonchev–Trinajstić information content (AvgIpc) is 3.06. The molecule has 2 aliphatic rings. The third kappa shape index (κ3) is 3.13. The maximum Gasteiger partial charge on any atom is 0.223 e. The SMILES string of the molecule is CCCNCC[C@@H]1CCC(=O)N1C1Cc2ccccc2C1. The molecular weight excluding hydrogens is 260 g/mol. The van der Waals surface area contributed by atoms with Gasteiger partial charge in [-0.1, -0.05) is 31.2 Å². The Bertz CT molecular complexity index is 475. The fourth-order valence-electron chi connectivity index (χ4n) is 3.85. The van der Waals surface area contributed by atoms with Gasteiger partial charge < -0.3 is 10.2 Å². The van der Waals surface area contributed by atoms with Crippen molar-refractivity contribution >= 4 is 5.91 Å². The van der Waals surface area contributed by atoms with Crippen LogP contribution < -0.4 is 5.32 Å². The second-order valence-corrected chi connectivity index (χ2v) is 6.36. The van der Waals surface area contributed by atoms with E-state index >= 15 is 0 Å². The molecule has 0 unspecified atom stereocenters. The minimum Gasteiger partial charge on any atom is -0.336 e. The van der Waals surface area contributed by atoms with Crippen molar-refractivity contribution in [2.75, 3.05) is 13.1 Å². The molecule has 1 amide bonds. The largest absolute Gasteiger partial charge is 0.336 e. The first-order valence-electron chi connectivity index (χ1n) is 8.38. The van der Waals surface area contributed by atoms with Crippen molar-refractivity contribution < 1.29 is 4.79 Å². The number of likely N-dealkylation sites (tertiary alicyclic amines) is 1. The van der Waals surface area contributed by atoms with Crippen molar-refractivity contribution in [1.82, 2.24) is 10.2 Å². The van der Waals surface area contributed by atoms with Gasteiger partial charge in [-0.25, -0.2) is 0 Å². The maximum absolute atomic E-state index is 12.3. The van der Waals surface area contributed by atoms with Crippen molar-refractivity contribution in [3.05, 3.63) is 35.4 Å². The summed E-state index contributed by atoms with van der Waals surface area (Å²) in [5, 5.41) is 3.47. The molecule has 3 heteroatoms. The third-order valence-corrected chi connectivity index (χ3v) is 4.88. The summed E-state index contributed by atoms with van der Waals surface area (Å²) in [4.78, 5) is 14.5. The maximum atomic E-state index is 12.3. The van der Waals surface area contributed by atoms with Crippen LogP contribution >= 0.6 is 0 Å². The van der Waals surface area contributed by atoms with E-state index in [4.69, 9.17) is 0 Å². The lowest BCUT2D eigenvalue weighted by atomic mass is 10.1. The quantitative estimate of drug-likeness (QED) is 0.815. The minimum absolute atomic E-state index is 0.369. The molecule has 1 aliphatic heterocycles. The van der Waals surface area contributed by atoms with E-state index in [1.54, 1.807) is 0 Å². The lowest BCUT2D eigenvalue weighted by Gasteiger charge is -2.31. The van der Waals surface area contributed by atoms with E-state index in [2.05, 4.69) is 41.4 Å². The number of hydrogen-bond donors (Lipinski definition) is 1. The van der Waals surface area contributed by atoms with E-state index in [9.17, 15) is 4.79 Å². The van der Waals surface area contributed by atoms with Crippen LogP contribution in [0.25, 0.3) is 0 Å². The summed E-state index contributed by atoms with van der Waals surface area (Å²) in [6.07, 6.45) is 6.14. The zero-order chi connectivity index (χ0) is 14.7. The number of carbonyl (C=O) groups excluding carboxylic acids is 1. The lowest BCUT2D eigenvalue weighted by Crippen LogP contribution is -2.43. The van der Waals surface area contributed by atoms with Crippen molar-refractivity contribution in [2.45, 2.75) is 57.5 Å². The highest BCUT2D eigenvalue weighted by molar-refractivity contribution is 5.79. The standard InChI is InChI=1S/C18H26N2O/c1-2-10-19-11-9-16-7-8-18(21)20(16)17-12-14-5-3-4-6-15(14)13-17/h3-6,16-17,19H,2,7-13H2,1H3/t16-/m0/s1. The second kappa shape index (κ2) is 6.61. The molecule has 0 aromatic heterocycles. The monoisotopic (exact) mass is 286 g/mol. The van der Waals surface area contributed by atoms with Gasteiger partial charge in [0.15, 0.2) is 0 Å². The number of nitrogens with zero attached hydrogens (tertiary/aromatic N) is 1. The van der Waals surface area contributed by atoms with Crippen molar-refractivity contribution in [2.24, 2.45) is 0 Å². The zero-order valence-corrected chi connectivity index (χ0v) is 13.0. The lowest BCUT2D eigenvalue weighted by molar-refractivity contribution is -0.131. The highest BCUT2D eigenvalue weighted by atomic mass is 16.2. The van der Waals surface area contributed by atoms with Crippen LogP contribution in [0.15, 0.2) is 24.3 Å². The van der Waals surface area contributed by atoms with E-state index in [-0.39, 0.29) is 0 Å². The summed E-state index contributed by atoms with van der Waals surface area (Å²) < 4.78 is 0. The van der Waals surface area contributed by atoms with E-state index in [1.807, 2.05) is 0 Å². The van der Waals surface area contributed by atoms with Gasteiger partial charge in [0.25, 0.3) is 0 Å². The Kier molecular flexibility index (Phi) is 4.59. The van der Waals surface area contributed by atoms with Crippen LogP contribution in [-0.2, 0) is 17.6 Å². The first-order chi connectivity index (χ1) is 10.3. The average molecular weight is 286 g/mol. The van der Waals surface area contributed by atoms with Gasteiger partial charge in [-0.15, -0.1) is 0 Å². The third-order valence-electron chi connectivity index (χ3n) is 4.88. The molecular formula is C18H26N2O. The number of benzene rings is 1. The molecule has 1 N–H and O–H groups in total. The first-order valence-corrected chi connectivity index (χ1v) is 8.38. The van der Waals surface area contributed by atoms with Crippen LogP contribution in [0.1, 0.15) is 43.7 Å². The Hall–Kier alpha value is -1.35. The van der Waals surface area contributed by atoms with Crippen molar-refractivity contribution in [3.8, 4) is 0 Å². The fraction of sp³-hybridized carbons (Fsp3) is 0.611. The Balaban J connectivity index is 1.61. The Morgan fingerprint density at radius 2 is 1.90 bits per heavy atom. The Labute approximate surface area is 127 Å². The molecule has 114 valence electrons. The number of nitrogens with one attached hydrogen (secondary N) is 1. The molecule has 1 aromatic rings. The van der Waals surface area contributed by atoms with Crippen LogP contribution in [0.2, 0.25) is 0 Å². The van der Waals surface area contributed by atoms with Crippen LogP contribution in [-0.4, -0.2) is 36.0 Å². The zero-order valence-electron chi connectivity index (χ0n) is 13.0. The highest BCUT2D eigenvalue weighted by Crippen LogP contribution is 2.32. The van der Waals surface area contributed by atoms with Gasteiger partial charge in [0.05, 0.1) is 0 Å². The van der Waals surface area contributed by atoms with E-state index in [0.717, 1.165) is 45.2 Å². The molecule has 1 aliphatic carbocycles. The predicted molar refractivity (Wildman–Crippen MR) is 85.3 cm³/mol. The molecule has 1 aromatic carbocycles. The van der Waals surface area contributed by atoms with Gasteiger partial charge in [-0.3, -0.25) is 4.79 Å². The molecule has 0 saturated carbocycles. The summed E-state index contributed by atoms with van der Waals surface area (Å²) in [6.45, 7) is 4.30. The summed E-state index contributed by atoms with van der Waals surface area (Å²) in [5.74, 6) is 0.369. The van der Waals surface area contributed by atoms with Crippen LogP contribution in [0.5, 0.6) is 0 Å². The molecule has 1 fully saturated rings. The fourth-order valence-corrected chi connectivity index (χ4v) is 3.85. The van der Waals surface area contributed by atoms with Crippen LogP contribution in [0.3, 0.4) is 0 Å². The molecule has 3 nitrogen and oxygen atoms in total. The number of carbonyl (C=O) groups is 1. The molecule has 1 heterocycles. The van der Waals surface area contributed by atoms with Crippen LogP contribution in [0, 0.1) is 0 Å². The topological polar surface area (TPSA) is 32.3 Å². The first kappa shape index (κ1) is 14.6. The molecule has 0 radical (unpaired) electrons. The number of hydrogen-bond acceptors (Lipinski definition) is 2. The van der Waals surface area contributed by atoms with Gasteiger partial charge >= 0.3 is 0 Å². The Morgan fingerprint density at radius 3 is 2.57 bits per heavy atom. The smallest absolute Gasteiger partial charge is 0.223 e. The summed E-state index contributed by atoms with van der Waals surface area (Å²) in [5.41, 5.74) is 2.87. The summed E-state index contributed by atoms with van der Waals surface area (Å²) >= 11 is 0. The van der Waals surface area contributed by atoms with Crippen molar-refractivity contribution in [3.63, 3.8) is 0 Å². The van der Waals surface area contributed by atoms with Gasteiger partial charge in [-0.2, -0.15) is 0 Å². The second-order valence-electron chi connectivity index (χ2n) is 6.36. The van der Waals surface area contributed by atoms with Crippen LogP contribution in [0.4, 0.5) is 0 Å². The number of rotatable bonds is 6. The predicted octanol–water partition coefficient (Wildman–Crippen LogP) is 2.53. The summed E-state index contributed by atoms with van der Waals surface area (Å²) in [7, 11) is 0. The van der Waals surface area contributed by atoms with Gasteiger partial charge in [0.2, 0.25) is 5.91 Å². The molecule has 1 saturated heterocycles. The molecule has 0 spiro atoms. The molecule has 21 heavy (non-hydrogen) atoms. The molecule has 1 atom stereocenters. The molecule has 3 rings (SSSR count). The normalized spacial score (nSPS) is 22.0. The number of amides is 1.